The number of ether oxygens (including phenoxy) is 1. The van der Waals surface area contributed by atoms with Gasteiger partial charge in [-0.05, 0) is 24.6 Å². The lowest BCUT2D eigenvalue weighted by Crippen LogP contribution is -2.36. The number of thiazole rings is 1. The summed E-state index contributed by atoms with van der Waals surface area (Å²) in [6, 6.07) is 4.52. The van der Waals surface area contributed by atoms with Crippen LogP contribution in [0.4, 0.5) is 17.6 Å². The number of halogens is 5. The van der Waals surface area contributed by atoms with Crippen LogP contribution < -0.4 is 15.4 Å². The minimum absolute atomic E-state index is 0. The van der Waals surface area contributed by atoms with E-state index in [0.717, 1.165) is 16.7 Å². The SMILES string of the molecule is CCNC(=NCc1ccc(OC)c(F)c1)NCc1nc(C(F)(F)F)cs1.I. The van der Waals surface area contributed by atoms with Crippen LogP contribution >= 0.6 is 35.3 Å². The van der Waals surface area contributed by atoms with Gasteiger partial charge in [-0.25, -0.2) is 14.4 Å². The highest BCUT2D eigenvalue weighted by molar-refractivity contribution is 14.0. The fourth-order valence-corrected chi connectivity index (χ4v) is 2.74. The number of hydrogen-bond donors (Lipinski definition) is 2. The Hall–Kier alpha value is -1.63. The molecule has 0 atom stereocenters. The topological polar surface area (TPSA) is 58.5 Å². The molecule has 0 unspecified atom stereocenters. The van der Waals surface area contributed by atoms with Gasteiger partial charge in [0.1, 0.15) is 5.01 Å². The summed E-state index contributed by atoms with van der Waals surface area (Å²) in [7, 11) is 1.38. The van der Waals surface area contributed by atoms with E-state index < -0.39 is 17.7 Å². The highest BCUT2D eigenvalue weighted by atomic mass is 127. The third-order valence-corrected chi connectivity index (χ3v) is 4.08. The number of nitrogens with zero attached hydrogens (tertiary/aromatic N) is 2. The summed E-state index contributed by atoms with van der Waals surface area (Å²) in [5.41, 5.74) is -0.274. The van der Waals surface area contributed by atoms with Crippen molar-refractivity contribution in [1.29, 1.82) is 0 Å². The Morgan fingerprint density at radius 3 is 2.59 bits per heavy atom. The average molecular weight is 518 g/mol. The van der Waals surface area contributed by atoms with Gasteiger partial charge in [-0.15, -0.1) is 35.3 Å². The largest absolute Gasteiger partial charge is 0.494 e. The number of aromatic nitrogens is 1. The van der Waals surface area contributed by atoms with Crippen LogP contribution in [0.15, 0.2) is 28.6 Å². The molecule has 0 amide bonds. The van der Waals surface area contributed by atoms with Gasteiger partial charge in [0.2, 0.25) is 0 Å². The van der Waals surface area contributed by atoms with Crippen LogP contribution in [0, 0.1) is 5.82 Å². The minimum Gasteiger partial charge on any atom is -0.494 e. The quantitative estimate of drug-likeness (QED) is 0.261. The number of aliphatic imine (C=N–C) groups is 1. The Bertz CT molecular complexity index is 767. The molecular formula is C16H19F4IN4OS. The summed E-state index contributed by atoms with van der Waals surface area (Å²) in [4.78, 5) is 7.84. The second-order valence-corrected chi connectivity index (χ2v) is 6.08. The zero-order chi connectivity index (χ0) is 19.2. The summed E-state index contributed by atoms with van der Waals surface area (Å²) in [6.07, 6.45) is -4.45. The lowest BCUT2D eigenvalue weighted by Gasteiger charge is -2.10. The molecule has 1 aromatic carbocycles. The smallest absolute Gasteiger partial charge is 0.434 e. The minimum atomic E-state index is -4.45. The van der Waals surface area contributed by atoms with E-state index in [1.54, 1.807) is 6.07 Å². The predicted molar refractivity (Wildman–Crippen MR) is 107 cm³/mol. The van der Waals surface area contributed by atoms with E-state index in [1.807, 2.05) is 6.92 Å². The van der Waals surface area contributed by atoms with Crippen molar-refractivity contribution < 1.29 is 22.3 Å². The van der Waals surface area contributed by atoms with E-state index in [4.69, 9.17) is 4.74 Å². The first-order valence-corrected chi connectivity index (χ1v) is 8.57. The van der Waals surface area contributed by atoms with Gasteiger partial charge in [0.05, 0.1) is 20.2 Å². The number of methoxy groups -OCH3 is 1. The van der Waals surface area contributed by atoms with Gasteiger partial charge in [0.25, 0.3) is 0 Å². The molecule has 0 saturated carbocycles. The lowest BCUT2D eigenvalue weighted by molar-refractivity contribution is -0.140. The van der Waals surface area contributed by atoms with Gasteiger partial charge < -0.3 is 15.4 Å². The molecule has 2 aromatic rings. The molecule has 0 spiro atoms. The Balaban J connectivity index is 0.00000364. The van der Waals surface area contributed by atoms with Crippen LogP contribution in [0.5, 0.6) is 5.75 Å². The molecule has 0 aliphatic rings. The molecule has 1 aromatic heterocycles. The Kier molecular flexibility index (Phi) is 9.22. The maximum absolute atomic E-state index is 13.7. The molecule has 0 bridgehead atoms. The first-order chi connectivity index (χ1) is 12.3. The highest BCUT2D eigenvalue weighted by Crippen LogP contribution is 2.29. The second kappa shape index (κ2) is 10.6. The van der Waals surface area contributed by atoms with Crippen molar-refractivity contribution in [2.45, 2.75) is 26.2 Å². The van der Waals surface area contributed by atoms with E-state index in [-0.39, 0.29) is 42.8 Å². The Morgan fingerprint density at radius 2 is 2.04 bits per heavy atom. The van der Waals surface area contributed by atoms with Crippen molar-refractivity contribution in [2.24, 2.45) is 4.99 Å². The lowest BCUT2D eigenvalue weighted by atomic mass is 10.2. The molecular weight excluding hydrogens is 499 g/mol. The number of nitrogens with one attached hydrogen (secondary N) is 2. The zero-order valence-electron chi connectivity index (χ0n) is 14.6. The summed E-state index contributed by atoms with van der Waals surface area (Å²) in [6.45, 7) is 2.72. The van der Waals surface area contributed by atoms with E-state index in [2.05, 4.69) is 20.6 Å². The van der Waals surface area contributed by atoms with E-state index in [1.165, 1.54) is 19.2 Å². The van der Waals surface area contributed by atoms with Crippen molar-refractivity contribution in [3.05, 3.63) is 45.7 Å². The summed E-state index contributed by atoms with van der Waals surface area (Å²) >= 11 is 0.917. The standard InChI is InChI=1S/C16H18F4N4OS.HI/c1-3-21-15(22-7-10-4-5-12(25-2)11(17)6-10)23-8-14-24-13(9-26-14)16(18,19)20;/h4-6,9H,3,7-8H2,1-2H3,(H2,21,22,23);1H. The second-order valence-electron chi connectivity index (χ2n) is 5.14. The first-order valence-electron chi connectivity index (χ1n) is 7.69. The van der Waals surface area contributed by atoms with Crippen LogP contribution in [-0.4, -0.2) is 24.6 Å². The van der Waals surface area contributed by atoms with Crippen LogP contribution in [0.3, 0.4) is 0 Å². The third kappa shape index (κ3) is 7.13. The van der Waals surface area contributed by atoms with Crippen LogP contribution in [-0.2, 0) is 19.3 Å². The van der Waals surface area contributed by atoms with Crippen molar-refractivity contribution in [3.63, 3.8) is 0 Å². The van der Waals surface area contributed by atoms with Crippen molar-refractivity contribution >= 4 is 41.3 Å². The molecule has 0 aliphatic heterocycles. The normalized spacial score (nSPS) is 11.7. The molecule has 1 heterocycles. The number of alkyl halides is 3. The van der Waals surface area contributed by atoms with Gasteiger partial charge in [-0.1, -0.05) is 6.07 Å². The molecule has 27 heavy (non-hydrogen) atoms. The van der Waals surface area contributed by atoms with Crippen molar-refractivity contribution in [1.82, 2.24) is 15.6 Å². The summed E-state index contributed by atoms with van der Waals surface area (Å²) in [5, 5.41) is 7.15. The number of hydrogen-bond acceptors (Lipinski definition) is 4. The Labute approximate surface area is 175 Å². The highest BCUT2D eigenvalue weighted by Gasteiger charge is 2.33. The van der Waals surface area contributed by atoms with Crippen LogP contribution in [0.1, 0.15) is 23.2 Å². The van der Waals surface area contributed by atoms with Crippen LogP contribution in [0.25, 0.3) is 0 Å². The maximum Gasteiger partial charge on any atom is 0.434 e. The van der Waals surface area contributed by atoms with Crippen LogP contribution in [0.2, 0.25) is 0 Å². The molecule has 150 valence electrons. The molecule has 0 radical (unpaired) electrons. The van der Waals surface area contributed by atoms with E-state index in [0.29, 0.717) is 23.1 Å². The van der Waals surface area contributed by atoms with Gasteiger partial charge in [0.15, 0.2) is 23.2 Å². The summed E-state index contributed by atoms with van der Waals surface area (Å²) in [5.74, 6) is 0.0557. The number of benzene rings is 1. The number of guanidine groups is 1. The predicted octanol–water partition coefficient (Wildman–Crippen LogP) is 4.18. The fourth-order valence-electron chi connectivity index (χ4n) is 2.00. The summed E-state index contributed by atoms with van der Waals surface area (Å²) < 4.78 is 56.2. The third-order valence-electron chi connectivity index (χ3n) is 3.23. The average Bonchev–Trinajstić information content (AvgIpc) is 3.07. The maximum atomic E-state index is 13.7. The van der Waals surface area contributed by atoms with Gasteiger partial charge in [-0.2, -0.15) is 13.2 Å². The zero-order valence-corrected chi connectivity index (χ0v) is 17.7. The monoisotopic (exact) mass is 518 g/mol. The molecule has 11 heteroatoms. The van der Waals surface area contributed by atoms with Crippen molar-refractivity contribution in [2.75, 3.05) is 13.7 Å². The van der Waals surface area contributed by atoms with E-state index >= 15 is 0 Å². The van der Waals surface area contributed by atoms with Crippen molar-refractivity contribution in [3.8, 4) is 5.75 Å². The first kappa shape index (κ1) is 23.4. The molecule has 0 fully saturated rings. The molecule has 2 rings (SSSR count). The van der Waals surface area contributed by atoms with Gasteiger partial charge in [-0.3, -0.25) is 0 Å². The van der Waals surface area contributed by atoms with Gasteiger partial charge in [0, 0.05) is 11.9 Å². The molecule has 5 nitrogen and oxygen atoms in total. The molecule has 2 N–H and O–H groups in total. The molecule has 0 saturated heterocycles. The fraction of sp³-hybridized carbons (Fsp3) is 0.375. The Morgan fingerprint density at radius 1 is 1.30 bits per heavy atom. The molecule has 0 aliphatic carbocycles. The van der Waals surface area contributed by atoms with E-state index in [9.17, 15) is 17.6 Å². The van der Waals surface area contributed by atoms with Gasteiger partial charge >= 0.3 is 6.18 Å². The number of rotatable bonds is 6.